The molecule has 1 amide bonds. The molecule has 2 N–H and O–H groups in total. The van der Waals surface area contributed by atoms with Gasteiger partial charge in [0, 0.05) is 24.9 Å². The molecule has 0 aliphatic carbocycles. The number of H-pyrrole nitrogens is 1. The first kappa shape index (κ1) is 18.5. The lowest BCUT2D eigenvalue weighted by Gasteiger charge is -2.10. The number of pyridine rings is 1. The largest absolute Gasteiger partial charge is 0.352 e. The Balaban J connectivity index is 1.59. The molecule has 1 aromatic carbocycles. The van der Waals surface area contributed by atoms with Gasteiger partial charge in [-0.1, -0.05) is 24.3 Å². The number of hydrogen-bond acceptors (Lipinski definition) is 5. The fourth-order valence-corrected chi connectivity index (χ4v) is 4.13. The van der Waals surface area contributed by atoms with Gasteiger partial charge in [-0.05, 0) is 42.7 Å². The van der Waals surface area contributed by atoms with Gasteiger partial charge in [-0.25, -0.2) is 4.98 Å². The average molecular weight is 410 g/mol. The summed E-state index contributed by atoms with van der Waals surface area (Å²) in [5.41, 5.74) is 2.25. The van der Waals surface area contributed by atoms with Crippen molar-refractivity contribution in [2.45, 2.75) is 19.9 Å². The number of aromatic amines is 1. The zero-order chi connectivity index (χ0) is 19.5. The number of fused-ring (bicyclic) bond motifs is 1. The molecule has 0 fully saturated rings. The van der Waals surface area contributed by atoms with Crippen LogP contribution in [-0.4, -0.2) is 32.2 Å². The van der Waals surface area contributed by atoms with Gasteiger partial charge in [-0.2, -0.15) is 5.10 Å². The van der Waals surface area contributed by atoms with Crippen LogP contribution in [-0.2, 0) is 13.0 Å². The van der Waals surface area contributed by atoms with Gasteiger partial charge >= 0.3 is 0 Å². The molecule has 0 radical (unpaired) electrons. The molecule has 0 bridgehead atoms. The van der Waals surface area contributed by atoms with E-state index < -0.39 is 0 Å². The van der Waals surface area contributed by atoms with Gasteiger partial charge in [-0.15, -0.1) is 11.3 Å². The maximum absolute atomic E-state index is 12.9. The molecule has 6 nitrogen and oxygen atoms in total. The summed E-state index contributed by atoms with van der Waals surface area (Å²) in [4.78, 5) is 18.7. The average Bonchev–Trinajstić information content (AvgIpc) is 3.37. The fourth-order valence-electron chi connectivity index (χ4n) is 3.16. The number of para-hydroxylation sites is 1. The minimum absolute atomic E-state index is 0.117. The molecular formula is C20H19N5OS2. The minimum atomic E-state index is -0.117. The lowest BCUT2D eigenvalue weighted by atomic mass is 10.1. The molecule has 3 heterocycles. The highest BCUT2D eigenvalue weighted by Gasteiger charge is 2.14. The van der Waals surface area contributed by atoms with Crippen molar-refractivity contribution in [1.29, 1.82) is 0 Å². The Labute approximate surface area is 171 Å². The zero-order valence-corrected chi connectivity index (χ0v) is 16.9. The Kier molecular flexibility index (Phi) is 5.31. The van der Waals surface area contributed by atoms with Crippen molar-refractivity contribution in [2.75, 3.05) is 6.54 Å². The zero-order valence-electron chi connectivity index (χ0n) is 15.3. The molecule has 0 unspecified atom stereocenters. The maximum Gasteiger partial charge on any atom is 0.252 e. The van der Waals surface area contributed by atoms with Crippen LogP contribution in [0.25, 0.3) is 21.5 Å². The van der Waals surface area contributed by atoms with Crippen molar-refractivity contribution >= 4 is 40.4 Å². The second-order valence-corrected chi connectivity index (χ2v) is 7.58. The highest BCUT2D eigenvalue weighted by molar-refractivity contribution is 7.71. The van der Waals surface area contributed by atoms with E-state index in [0.717, 1.165) is 33.8 Å². The molecule has 0 aliphatic heterocycles. The predicted octanol–water partition coefficient (Wildman–Crippen LogP) is 4.21. The molecule has 8 heteroatoms. The second-order valence-electron chi connectivity index (χ2n) is 6.24. The Morgan fingerprint density at radius 1 is 1.29 bits per heavy atom. The minimum Gasteiger partial charge on any atom is -0.352 e. The molecule has 0 spiro atoms. The molecule has 3 aromatic heterocycles. The van der Waals surface area contributed by atoms with E-state index in [1.807, 2.05) is 59.3 Å². The Bertz CT molecular complexity index is 1180. The van der Waals surface area contributed by atoms with Gasteiger partial charge in [0.25, 0.3) is 5.91 Å². The molecule has 0 aliphatic rings. The van der Waals surface area contributed by atoms with Crippen molar-refractivity contribution in [3.63, 3.8) is 0 Å². The first-order valence-corrected chi connectivity index (χ1v) is 10.3. The second kappa shape index (κ2) is 8.04. The third-order valence-electron chi connectivity index (χ3n) is 4.52. The van der Waals surface area contributed by atoms with Gasteiger partial charge in [0.05, 0.1) is 21.7 Å². The van der Waals surface area contributed by atoms with Crippen molar-refractivity contribution < 1.29 is 4.79 Å². The van der Waals surface area contributed by atoms with Gasteiger partial charge in [-0.3, -0.25) is 9.89 Å². The molecule has 0 atom stereocenters. The normalized spacial score (nSPS) is 11.0. The Morgan fingerprint density at radius 2 is 2.14 bits per heavy atom. The Morgan fingerprint density at radius 3 is 2.93 bits per heavy atom. The summed E-state index contributed by atoms with van der Waals surface area (Å²) in [6.45, 7) is 3.24. The number of rotatable bonds is 6. The maximum atomic E-state index is 12.9. The van der Waals surface area contributed by atoms with Crippen LogP contribution in [0.4, 0.5) is 0 Å². The van der Waals surface area contributed by atoms with E-state index in [1.54, 1.807) is 11.3 Å². The quantitative estimate of drug-likeness (QED) is 0.468. The number of nitrogens with zero attached hydrogens (tertiary/aromatic N) is 3. The third-order valence-corrected chi connectivity index (χ3v) is 5.73. The fraction of sp³-hybridized carbons (Fsp3) is 0.200. The van der Waals surface area contributed by atoms with E-state index >= 15 is 0 Å². The highest BCUT2D eigenvalue weighted by atomic mass is 32.1. The number of amides is 1. The van der Waals surface area contributed by atoms with E-state index in [4.69, 9.17) is 17.2 Å². The number of hydrogen-bond donors (Lipinski definition) is 2. The summed E-state index contributed by atoms with van der Waals surface area (Å²) >= 11 is 6.82. The molecule has 0 saturated heterocycles. The lowest BCUT2D eigenvalue weighted by molar-refractivity contribution is 0.0955. The SMILES string of the molecule is CCn1c(CCNC(=O)c2cc(-c3cccs3)nc3ccccc23)n[nH]c1=S. The molecule has 4 aromatic rings. The third kappa shape index (κ3) is 3.61. The monoisotopic (exact) mass is 409 g/mol. The first-order chi connectivity index (χ1) is 13.7. The molecule has 142 valence electrons. The van der Waals surface area contributed by atoms with Gasteiger partial charge in [0.15, 0.2) is 4.77 Å². The summed E-state index contributed by atoms with van der Waals surface area (Å²) in [6.07, 6.45) is 0.605. The number of benzene rings is 1. The van der Waals surface area contributed by atoms with Crippen molar-refractivity contribution in [3.8, 4) is 10.6 Å². The van der Waals surface area contributed by atoms with Crippen LogP contribution in [0.5, 0.6) is 0 Å². The van der Waals surface area contributed by atoms with E-state index in [-0.39, 0.29) is 5.91 Å². The standard InChI is InChI=1S/C20H19N5OS2/c1-2-25-18(23-24-20(25)27)9-10-21-19(26)14-12-16(17-8-5-11-28-17)22-15-7-4-3-6-13(14)15/h3-8,11-12H,2,9-10H2,1H3,(H,21,26)(H,24,27). The lowest BCUT2D eigenvalue weighted by Crippen LogP contribution is -2.27. The number of carbonyl (C=O) groups excluding carboxylic acids is 1. The molecule has 28 heavy (non-hydrogen) atoms. The molecule has 4 rings (SSSR count). The number of aromatic nitrogens is 4. The van der Waals surface area contributed by atoms with Gasteiger partial charge in [0.1, 0.15) is 5.82 Å². The molecule has 0 saturated carbocycles. The summed E-state index contributed by atoms with van der Waals surface area (Å²) in [5, 5.41) is 12.9. The summed E-state index contributed by atoms with van der Waals surface area (Å²) in [5.74, 6) is 0.722. The smallest absolute Gasteiger partial charge is 0.252 e. The topological polar surface area (TPSA) is 75.6 Å². The van der Waals surface area contributed by atoms with E-state index in [0.29, 0.717) is 23.3 Å². The summed E-state index contributed by atoms with van der Waals surface area (Å²) in [6, 6.07) is 13.6. The van der Waals surface area contributed by atoms with Crippen LogP contribution in [0.15, 0.2) is 47.8 Å². The van der Waals surface area contributed by atoms with Crippen LogP contribution in [0.2, 0.25) is 0 Å². The van der Waals surface area contributed by atoms with E-state index in [2.05, 4.69) is 15.5 Å². The number of thiophene rings is 1. The number of carbonyl (C=O) groups is 1. The van der Waals surface area contributed by atoms with Crippen molar-refractivity contribution in [3.05, 3.63) is 64.0 Å². The first-order valence-electron chi connectivity index (χ1n) is 9.03. The molecular weight excluding hydrogens is 390 g/mol. The Hall–Kier alpha value is -2.84. The van der Waals surface area contributed by atoms with E-state index in [9.17, 15) is 4.79 Å². The van der Waals surface area contributed by atoms with Crippen LogP contribution < -0.4 is 5.32 Å². The van der Waals surface area contributed by atoms with Gasteiger partial charge < -0.3 is 9.88 Å². The van der Waals surface area contributed by atoms with Crippen LogP contribution in [0, 0.1) is 4.77 Å². The van der Waals surface area contributed by atoms with Crippen LogP contribution >= 0.6 is 23.6 Å². The van der Waals surface area contributed by atoms with Crippen molar-refractivity contribution in [2.24, 2.45) is 0 Å². The van der Waals surface area contributed by atoms with E-state index in [1.165, 1.54) is 0 Å². The van der Waals surface area contributed by atoms with Gasteiger partial charge in [0.2, 0.25) is 0 Å². The van der Waals surface area contributed by atoms with Crippen LogP contribution in [0.1, 0.15) is 23.1 Å². The van der Waals surface area contributed by atoms with Crippen LogP contribution in [0.3, 0.4) is 0 Å². The summed E-state index contributed by atoms with van der Waals surface area (Å²) in [7, 11) is 0. The highest BCUT2D eigenvalue weighted by Crippen LogP contribution is 2.27. The number of nitrogens with one attached hydrogen (secondary N) is 2. The predicted molar refractivity (Wildman–Crippen MR) is 114 cm³/mol. The summed E-state index contributed by atoms with van der Waals surface area (Å²) < 4.78 is 2.53. The van der Waals surface area contributed by atoms with Crippen molar-refractivity contribution in [1.82, 2.24) is 25.1 Å².